The van der Waals surface area contributed by atoms with Crippen LogP contribution in [0.1, 0.15) is 29.9 Å². The quantitative estimate of drug-likeness (QED) is 0.772. The fourth-order valence-corrected chi connectivity index (χ4v) is 4.61. The van der Waals surface area contributed by atoms with Crippen LogP contribution in [0.25, 0.3) is 0 Å². The van der Waals surface area contributed by atoms with E-state index in [-0.39, 0.29) is 11.5 Å². The van der Waals surface area contributed by atoms with Gasteiger partial charge >= 0.3 is 0 Å². The second-order valence-corrected chi connectivity index (χ2v) is 8.80. The van der Waals surface area contributed by atoms with Crippen molar-refractivity contribution < 1.29 is 24.1 Å². The van der Waals surface area contributed by atoms with Crippen LogP contribution in [0, 0.1) is 6.92 Å². The first-order chi connectivity index (χ1) is 14.2. The lowest BCUT2D eigenvalue weighted by Crippen LogP contribution is -2.61. The maximum absolute atomic E-state index is 11.0. The molecule has 0 amide bonds. The van der Waals surface area contributed by atoms with Crippen LogP contribution in [0.15, 0.2) is 54.6 Å². The molecule has 2 aromatic carbocycles. The summed E-state index contributed by atoms with van der Waals surface area (Å²) in [5.41, 5.74) is 2.86. The molecule has 6 atom stereocenters. The molecule has 2 saturated heterocycles. The molecule has 156 valence electrons. The lowest BCUT2D eigenvalue weighted by molar-refractivity contribution is -0.325. The highest BCUT2D eigenvalue weighted by Crippen LogP contribution is 2.38. The molecule has 2 heterocycles. The summed E-state index contributed by atoms with van der Waals surface area (Å²) in [5, 5.41) is 11.0. The summed E-state index contributed by atoms with van der Waals surface area (Å²) < 4.78 is 24.5. The summed E-state index contributed by atoms with van der Waals surface area (Å²) in [6.45, 7) is 4.93. The predicted molar refractivity (Wildman–Crippen MR) is 113 cm³/mol. The highest BCUT2D eigenvalue weighted by molar-refractivity contribution is 7.99. The lowest BCUT2D eigenvalue weighted by Gasteiger charge is -2.47. The number of thioether (sulfide) groups is 1. The molecule has 2 aliphatic heterocycles. The van der Waals surface area contributed by atoms with Gasteiger partial charge in [0.15, 0.2) is 6.29 Å². The van der Waals surface area contributed by atoms with Gasteiger partial charge in [-0.2, -0.15) is 0 Å². The maximum Gasteiger partial charge on any atom is 0.184 e. The third kappa shape index (κ3) is 4.85. The fourth-order valence-electron chi connectivity index (χ4n) is 3.71. The zero-order valence-corrected chi connectivity index (χ0v) is 17.6. The van der Waals surface area contributed by atoms with Crippen molar-refractivity contribution in [3.05, 3.63) is 71.3 Å². The van der Waals surface area contributed by atoms with E-state index in [4.69, 9.17) is 18.9 Å². The number of aliphatic hydroxyl groups is 1. The van der Waals surface area contributed by atoms with Crippen LogP contribution in [0.5, 0.6) is 0 Å². The van der Waals surface area contributed by atoms with Gasteiger partial charge < -0.3 is 24.1 Å². The summed E-state index contributed by atoms with van der Waals surface area (Å²) in [5.74, 6) is 0.845. The van der Waals surface area contributed by atoms with Gasteiger partial charge in [0.05, 0.1) is 13.2 Å². The normalized spacial score (nSPS) is 32.0. The monoisotopic (exact) mass is 416 g/mol. The highest BCUT2D eigenvalue weighted by atomic mass is 32.2. The molecule has 4 rings (SSSR count). The largest absolute Gasteiger partial charge is 0.387 e. The average molecular weight is 417 g/mol. The predicted octanol–water partition coefficient (Wildman–Crippen LogP) is 3.83. The Morgan fingerprint density at radius 1 is 1.07 bits per heavy atom. The lowest BCUT2D eigenvalue weighted by atomic mass is 9.98. The van der Waals surface area contributed by atoms with Gasteiger partial charge in [-0.3, -0.25) is 0 Å². The number of rotatable bonds is 6. The standard InChI is InChI=1S/C23H28O5S/c1-3-29-23-19(24)21(25-13-16-11-9-15(2)10-12-16)20-18(27-23)14-26-22(28-20)17-7-5-4-6-8-17/h4-12,18-24H,3,13-14H2,1-2H3/t18-,19+,20-,21-,22?,23-/m1/s1. The second-order valence-electron chi connectivity index (χ2n) is 7.43. The van der Waals surface area contributed by atoms with Crippen LogP contribution in [-0.4, -0.2) is 47.3 Å². The summed E-state index contributed by atoms with van der Waals surface area (Å²) in [6, 6.07) is 18.1. The van der Waals surface area contributed by atoms with Crippen LogP contribution in [-0.2, 0) is 25.6 Å². The Morgan fingerprint density at radius 2 is 1.83 bits per heavy atom. The van der Waals surface area contributed by atoms with Gasteiger partial charge in [0.2, 0.25) is 0 Å². The minimum atomic E-state index is -0.777. The van der Waals surface area contributed by atoms with E-state index in [2.05, 4.69) is 31.2 Å². The second kappa shape index (κ2) is 9.60. The van der Waals surface area contributed by atoms with Crippen LogP contribution < -0.4 is 0 Å². The van der Waals surface area contributed by atoms with Crippen LogP contribution in [0.2, 0.25) is 0 Å². The topological polar surface area (TPSA) is 57.2 Å². The number of benzene rings is 2. The molecule has 29 heavy (non-hydrogen) atoms. The van der Waals surface area contributed by atoms with Crippen LogP contribution in [0.3, 0.4) is 0 Å². The van der Waals surface area contributed by atoms with Crippen LogP contribution >= 0.6 is 11.8 Å². The first kappa shape index (κ1) is 20.8. The molecule has 1 unspecified atom stereocenters. The SMILES string of the molecule is CCS[C@H]1O[C@@H]2COC(c3ccccc3)O[C@H]2[C@H](OCc2ccc(C)cc2)[C@@H]1O. The zero-order chi connectivity index (χ0) is 20.2. The maximum atomic E-state index is 11.0. The first-order valence-corrected chi connectivity index (χ1v) is 11.1. The first-order valence-electron chi connectivity index (χ1n) is 10.1. The van der Waals surface area contributed by atoms with Crippen molar-refractivity contribution in [1.82, 2.24) is 0 Å². The number of hydrogen-bond acceptors (Lipinski definition) is 6. The third-order valence-electron chi connectivity index (χ3n) is 5.27. The van der Waals surface area contributed by atoms with Gasteiger partial charge in [-0.25, -0.2) is 0 Å². The van der Waals surface area contributed by atoms with Gasteiger partial charge in [0.1, 0.15) is 29.9 Å². The molecular weight excluding hydrogens is 388 g/mol. The van der Waals surface area contributed by atoms with E-state index in [1.54, 1.807) is 11.8 Å². The number of fused-ring (bicyclic) bond motifs is 1. The molecule has 0 bridgehead atoms. The minimum absolute atomic E-state index is 0.273. The molecule has 5 nitrogen and oxygen atoms in total. The molecule has 0 saturated carbocycles. The smallest absolute Gasteiger partial charge is 0.184 e. The van der Waals surface area contributed by atoms with E-state index in [9.17, 15) is 5.11 Å². The van der Waals surface area contributed by atoms with Crippen molar-refractivity contribution in [3.63, 3.8) is 0 Å². The van der Waals surface area contributed by atoms with Gasteiger partial charge in [-0.1, -0.05) is 67.1 Å². The average Bonchev–Trinajstić information content (AvgIpc) is 2.75. The van der Waals surface area contributed by atoms with E-state index in [0.717, 1.165) is 16.9 Å². The summed E-state index contributed by atoms with van der Waals surface area (Å²) in [7, 11) is 0. The molecular formula is C23H28O5S. The van der Waals surface area contributed by atoms with E-state index in [0.29, 0.717) is 13.2 Å². The highest BCUT2D eigenvalue weighted by Gasteiger charge is 2.50. The van der Waals surface area contributed by atoms with Gasteiger partial charge in [0.25, 0.3) is 0 Å². The van der Waals surface area contributed by atoms with E-state index in [1.165, 1.54) is 5.56 Å². The summed E-state index contributed by atoms with van der Waals surface area (Å²) >= 11 is 1.58. The molecule has 0 radical (unpaired) electrons. The Balaban J connectivity index is 1.51. The number of ether oxygens (including phenoxy) is 4. The fraction of sp³-hybridized carbons (Fsp3) is 0.478. The Hall–Kier alpha value is -1.41. The van der Waals surface area contributed by atoms with Crippen molar-refractivity contribution in [1.29, 1.82) is 0 Å². The van der Waals surface area contributed by atoms with E-state index < -0.39 is 24.6 Å². The van der Waals surface area contributed by atoms with Gasteiger partial charge in [-0.05, 0) is 18.2 Å². The molecule has 0 spiro atoms. The minimum Gasteiger partial charge on any atom is -0.387 e. The number of aryl methyl sites for hydroxylation is 1. The Bertz CT molecular complexity index is 769. The molecule has 0 aromatic heterocycles. The Labute approximate surface area is 176 Å². The molecule has 2 aliphatic rings. The van der Waals surface area contributed by atoms with Crippen molar-refractivity contribution in [2.75, 3.05) is 12.4 Å². The Kier molecular flexibility index (Phi) is 6.90. The van der Waals surface area contributed by atoms with Gasteiger partial charge in [-0.15, -0.1) is 11.8 Å². The third-order valence-corrected chi connectivity index (χ3v) is 6.32. The number of hydrogen-bond donors (Lipinski definition) is 1. The summed E-state index contributed by atoms with van der Waals surface area (Å²) in [4.78, 5) is 0. The summed E-state index contributed by atoms with van der Waals surface area (Å²) in [6.07, 6.45) is -2.43. The van der Waals surface area contributed by atoms with E-state index in [1.807, 2.05) is 37.3 Å². The van der Waals surface area contributed by atoms with Crippen molar-refractivity contribution in [3.8, 4) is 0 Å². The van der Waals surface area contributed by atoms with Crippen molar-refractivity contribution in [2.24, 2.45) is 0 Å². The molecule has 1 N–H and O–H groups in total. The Morgan fingerprint density at radius 3 is 2.55 bits per heavy atom. The number of aliphatic hydroxyl groups excluding tert-OH is 1. The van der Waals surface area contributed by atoms with Crippen LogP contribution in [0.4, 0.5) is 0 Å². The molecule has 0 aliphatic carbocycles. The molecule has 2 fully saturated rings. The van der Waals surface area contributed by atoms with Crippen molar-refractivity contribution >= 4 is 11.8 Å². The molecule has 6 heteroatoms. The molecule has 2 aromatic rings. The van der Waals surface area contributed by atoms with Gasteiger partial charge in [0, 0.05) is 5.56 Å². The van der Waals surface area contributed by atoms with E-state index >= 15 is 0 Å². The zero-order valence-electron chi connectivity index (χ0n) is 16.8. The van der Waals surface area contributed by atoms with Crippen molar-refractivity contribution in [2.45, 2.75) is 56.6 Å².